The molecule has 1 aliphatic carbocycles. The highest BCUT2D eigenvalue weighted by molar-refractivity contribution is 6.08. The van der Waals surface area contributed by atoms with E-state index in [0.717, 1.165) is 38.4 Å². The third-order valence-electron chi connectivity index (χ3n) is 8.48. The van der Waals surface area contributed by atoms with Gasteiger partial charge in [0.2, 0.25) is 5.60 Å². The van der Waals surface area contributed by atoms with Gasteiger partial charge in [0, 0.05) is 19.5 Å². The van der Waals surface area contributed by atoms with Crippen molar-refractivity contribution in [2.75, 3.05) is 13.7 Å². The fourth-order valence-corrected chi connectivity index (χ4v) is 5.28. The number of amides is 2. The van der Waals surface area contributed by atoms with Crippen LogP contribution in [-0.4, -0.2) is 89.2 Å². The minimum atomic E-state index is -2.09. The highest BCUT2D eigenvalue weighted by atomic mass is 16.6. The molecule has 45 heavy (non-hydrogen) atoms. The number of rotatable bonds is 10. The number of nitrogens with one attached hydrogen (secondary N) is 3. The first-order chi connectivity index (χ1) is 21.1. The monoisotopic (exact) mass is 629 g/mol. The molecule has 2 heterocycles. The molecule has 2 aliphatic rings. The Hall–Kier alpha value is -3.80. The quantitative estimate of drug-likeness (QED) is 0.146. The molecule has 0 aromatic carbocycles. The Balaban J connectivity index is 1.89. The number of esters is 2. The molecule has 3 rings (SSSR count). The van der Waals surface area contributed by atoms with Crippen molar-refractivity contribution in [2.24, 2.45) is 22.1 Å². The van der Waals surface area contributed by atoms with Gasteiger partial charge < -0.3 is 34.9 Å². The van der Waals surface area contributed by atoms with Crippen molar-refractivity contribution in [3.8, 4) is 6.07 Å². The highest BCUT2D eigenvalue weighted by Gasteiger charge is 2.59. The van der Waals surface area contributed by atoms with E-state index >= 15 is 0 Å². The number of urea groups is 1. The molecule has 14 heteroatoms. The van der Waals surface area contributed by atoms with Gasteiger partial charge in [0.15, 0.2) is 11.9 Å². The minimum Gasteiger partial charge on any atom is -0.463 e. The predicted molar refractivity (Wildman–Crippen MR) is 165 cm³/mol. The lowest BCUT2D eigenvalue weighted by atomic mass is 9.87. The number of carbonyl (C=O) groups is 3. The van der Waals surface area contributed by atoms with Gasteiger partial charge in [-0.05, 0) is 50.2 Å². The van der Waals surface area contributed by atoms with Crippen LogP contribution in [0.15, 0.2) is 17.1 Å². The topological polar surface area (TPSA) is 216 Å². The van der Waals surface area contributed by atoms with Gasteiger partial charge in [-0.25, -0.2) is 9.79 Å². The zero-order valence-electron chi connectivity index (χ0n) is 27.0. The number of hydrogen-bond acceptors (Lipinski definition) is 10. The van der Waals surface area contributed by atoms with Gasteiger partial charge in [0.1, 0.15) is 37.3 Å². The number of H-pyrrole nitrogens is 1. The normalized spacial score (nSPS) is 24.9. The summed E-state index contributed by atoms with van der Waals surface area (Å²) in [6.07, 6.45) is 1.83. The Morgan fingerprint density at radius 3 is 2.56 bits per heavy atom. The van der Waals surface area contributed by atoms with Gasteiger partial charge in [-0.1, -0.05) is 40.0 Å². The first-order valence-electron chi connectivity index (χ1n) is 15.3. The Bertz CT molecular complexity index is 1290. The summed E-state index contributed by atoms with van der Waals surface area (Å²) < 4.78 is 17.3. The first kappa shape index (κ1) is 35.7. The molecule has 2 fully saturated rings. The summed E-state index contributed by atoms with van der Waals surface area (Å²) in [4.78, 5) is 46.8. The van der Waals surface area contributed by atoms with Crippen molar-refractivity contribution in [2.45, 2.75) is 109 Å². The molecule has 1 aliphatic heterocycles. The largest absolute Gasteiger partial charge is 0.463 e. The number of aromatic nitrogens is 1. The van der Waals surface area contributed by atoms with Gasteiger partial charge in [-0.3, -0.25) is 20.3 Å². The lowest BCUT2D eigenvalue weighted by molar-refractivity contribution is -0.163. The number of nitriles is 1. The summed E-state index contributed by atoms with van der Waals surface area (Å²) in [7, 11) is 1.60. The van der Waals surface area contributed by atoms with Crippen LogP contribution in [0.4, 0.5) is 4.79 Å². The van der Waals surface area contributed by atoms with E-state index in [0.29, 0.717) is 0 Å². The summed E-state index contributed by atoms with van der Waals surface area (Å²) in [5.41, 5.74) is 3.65. The van der Waals surface area contributed by atoms with Crippen molar-refractivity contribution < 1.29 is 33.7 Å². The van der Waals surface area contributed by atoms with Crippen molar-refractivity contribution in [1.29, 1.82) is 10.7 Å². The van der Waals surface area contributed by atoms with E-state index in [1.54, 1.807) is 27.8 Å². The van der Waals surface area contributed by atoms with Crippen LogP contribution in [0.2, 0.25) is 0 Å². The zero-order chi connectivity index (χ0) is 33.5. The maximum absolute atomic E-state index is 13.1. The molecule has 14 nitrogen and oxygen atoms in total. The number of ether oxygens (including phenoxy) is 3. The van der Waals surface area contributed by atoms with Crippen LogP contribution in [0.25, 0.3) is 0 Å². The molecule has 0 unspecified atom stereocenters. The Morgan fingerprint density at radius 1 is 1.31 bits per heavy atom. The first-order valence-corrected chi connectivity index (χ1v) is 15.3. The second-order valence-corrected chi connectivity index (χ2v) is 13.1. The lowest BCUT2D eigenvalue weighted by Gasteiger charge is -2.29. The number of nitrogens with zero attached hydrogens (tertiary/aromatic N) is 3. The van der Waals surface area contributed by atoms with E-state index in [1.165, 1.54) is 17.0 Å². The molecule has 0 radical (unpaired) electrons. The van der Waals surface area contributed by atoms with Crippen molar-refractivity contribution in [3.05, 3.63) is 23.5 Å². The molecule has 1 aromatic rings. The molecule has 1 saturated carbocycles. The number of aromatic amines is 1. The van der Waals surface area contributed by atoms with Crippen LogP contribution < -0.4 is 11.1 Å². The number of aliphatic hydroxyl groups is 1. The molecule has 6 N–H and O–H groups in total. The number of aliphatic hydroxyl groups excluding tert-OH is 1. The van der Waals surface area contributed by atoms with E-state index in [-0.39, 0.29) is 42.2 Å². The van der Waals surface area contributed by atoms with Gasteiger partial charge in [0.05, 0.1) is 11.4 Å². The fourth-order valence-electron chi connectivity index (χ4n) is 5.28. The zero-order valence-corrected chi connectivity index (χ0v) is 27.0. The third-order valence-corrected chi connectivity index (χ3v) is 8.48. The summed E-state index contributed by atoms with van der Waals surface area (Å²) in [6, 6.07) is 3.30. The highest BCUT2D eigenvalue weighted by Crippen LogP contribution is 2.41. The minimum absolute atomic E-state index is 0.0124. The maximum atomic E-state index is 13.1. The van der Waals surface area contributed by atoms with E-state index < -0.39 is 53.3 Å². The Labute approximate surface area is 264 Å². The van der Waals surface area contributed by atoms with Crippen molar-refractivity contribution in [1.82, 2.24) is 15.2 Å². The standard InChI is InChI=1S/C31H47N7O7/c1-18(2)38(6)29(42)37-27(35-17-33)20-12-13-22(36-20)31(16-32)26(40)24(44-28(41)25(34)30(3,4)5)21(45-31)15-43-23(39)14-19-10-8-7-9-11-19/h12-13,17-19,21,24-26,36,40H,7-11,14-15,34H2,1-6H3,(H2,33,35,37,42)/t21-,24-,25-,26-,31+/m1/s1. The van der Waals surface area contributed by atoms with Gasteiger partial charge >= 0.3 is 18.0 Å². The Morgan fingerprint density at radius 2 is 1.98 bits per heavy atom. The molecule has 1 saturated heterocycles. The second-order valence-electron chi connectivity index (χ2n) is 13.1. The summed E-state index contributed by atoms with van der Waals surface area (Å²) in [5, 5.41) is 32.0. The van der Waals surface area contributed by atoms with E-state index in [4.69, 9.17) is 25.4 Å². The van der Waals surface area contributed by atoms with Crippen LogP contribution in [0.1, 0.15) is 84.5 Å². The van der Waals surface area contributed by atoms with Crippen LogP contribution in [0.5, 0.6) is 0 Å². The molecule has 5 atom stereocenters. The molecule has 0 bridgehead atoms. The molecule has 2 amide bonds. The van der Waals surface area contributed by atoms with E-state index in [2.05, 4.69) is 15.3 Å². The molecule has 0 spiro atoms. The maximum Gasteiger partial charge on any atom is 0.323 e. The van der Waals surface area contributed by atoms with Crippen LogP contribution >= 0.6 is 0 Å². The van der Waals surface area contributed by atoms with E-state index in [1.807, 2.05) is 19.9 Å². The molecule has 248 valence electrons. The van der Waals surface area contributed by atoms with Gasteiger partial charge in [0.25, 0.3) is 0 Å². The number of amidine groups is 1. The SMILES string of the molecule is CC(C)N(C)C(=O)NC(=NC=N)c1ccc([C@]2(C#N)O[C@H](COC(=O)CC3CCCCC3)[C@@H](OC(=O)[C@@H](N)C(C)(C)C)[C@H]2O)[nH]1. The van der Waals surface area contributed by atoms with Crippen LogP contribution in [0, 0.1) is 28.1 Å². The van der Waals surface area contributed by atoms with Crippen LogP contribution in [0.3, 0.4) is 0 Å². The average molecular weight is 630 g/mol. The third kappa shape index (κ3) is 8.47. The van der Waals surface area contributed by atoms with Crippen molar-refractivity contribution in [3.63, 3.8) is 0 Å². The summed E-state index contributed by atoms with van der Waals surface area (Å²) in [5.74, 6) is -1.04. The van der Waals surface area contributed by atoms with Crippen molar-refractivity contribution >= 4 is 30.1 Å². The summed E-state index contributed by atoms with van der Waals surface area (Å²) in [6.45, 7) is 8.57. The summed E-state index contributed by atoms with van der Waals surface area (Å²) >= 11 is 0. The van der Waals surface area contributed by atoms with Crippen LogP contribution in [-0.2, 0) is 29.4 Å². The van der Waals surface area contributed by atoms with E-state index in [9.17, 15) is 24.8 Å². The predicted octanol–water partition coefficient (Wildman–Crippen LogP) is 2.70. The smallest absolute Gasteiger partial charge is 0.323 e. The average Bonchev–Trinajstić information content (AvgIpc) is 3.59. The lowest BCUT2D eigenvalue weighted by Crippen LogP contribution is -2.49. The number of carbonyl (C=O) groups excluding carboxylic acids is 3. The molecular formula is C31H47N7O7. The second kappa shape index (κ2) is 15.0. The van der Waals surface area contributed by atoms with Gasteiger partial charge in [-0.2, -0.15) is 5.26 Å². The number of aliphatic imine (C=N–C) groups is 1. The molecule has 1 aromatic heterocycles. The molecular weight excluding hydrogens is 582 g/mol. The Kier molecular flexibility index (Phi) is 11.9. The van der Waals surface area contributed by atoms with Gasteiger partial charge in [-0.15, -0.1) is 0 Å². The number of hydrogen-bond donors (Lipinski definition) is 5. The number of nitrogens with two attached hydrogens (primary N) is 1. The fraction of sp³-hybridized carbons (Fsp3) is 0.677.